The van der Waals surface area contributed by atoms with Gasteiger partial charge in [-0.2, -0.15) is 0 Å². The van der Waals surface area contributed by atoms with Gasteiger partial charge in [0.2, 0.25) is 0 Å². The fourth-order valence-electron chi connectivity index (χ4n) is 3.44. The molecule has 0 spiro atoms. The first-order valence-electron chi connectivity index (χ1n) is 6.75. The zero-order valence-corrected chi connectivity index (χ0v) is 10.9. The van der Waals surface area contributed by atoms with Crippen LogP contribution in [-0.2, 0) is 4.74 Å². The van der Waals surface area contributed by atoms with Gasteiger partial charge in [0.05, 0.1) is 6.10 Å². The fraction of sp³-hybridized carbons (Fsp3) is 1.00. The van der Waals surface area contributed by atoms with Crippen LogP contribution in [0.25, 0.3) is 0 Å². The van der Waals surface area contributed by atoms with Gasteiger partial charge in [-0.3, -0.25) is 4.90 Å². The van der Waals surface area contributed by atoms with Crippen LogP contribution in [0, 0.1) is 0 Å². The highest BCUT2D eigenvalue weighted by Gasteiger charge is 2.35. The van der Waals surface area contributed by atoms with Gasteiger partial charge in [-0.15, -0.1) is 0 Å². The SMILES string of the molecule is CNC1CCCCC1N(C)C1CCOC1C. The van der Waals surface area contributed by atoms with Crippen LogP contribution in [0.1, 0.15) is 39.0 Å². The molecule has 4 atom stereocenters. The summed E-state index contributed by atoms with van der Waals surface area (Å²) in [4.78, 5) is 2.58. The van der Waals surface area contributed by atoms with Crippen molar-refractivity contribution < 1.29 is 4.74 Å². The Bertz CT molecular complexity index is 222. The quantitative estimate of drug-likeness (QED) is 0.791. The predicted octanol–water partition coefficient (Wildman–Crippen LogP) is 1.63. The standard InChI is InChI=1S/C13H26N2O/c1-10-12(8-9-16-10)15(3)13-7-5-4-6-11(13)14-2/h10-14H,4-9H2,1-3H3. The largest absolute Gasteiger partial charge is 0.377 e. The first kappa shape index (κ1) is 12.3. The zero-order chi connectivity index (χ0) is 11.5. The van der Waals surface area contributed by atoms with Gasteiger partial charge in [-0.05, 0) is 40.3 Å². The van der Waals surface area contributed by atoms with Gasteiger partial charge < -0.3 is 10.1 Å². The summed E-state index contributed by atoms with van der Waals surface area (Å²) in [7, 11) is 4.39. The summed E-state index contributed by atoms with van der Waals surface area (Å²) >= 11 is 0. The number of nitrogens with one attached hydrogen (secondary N) is 1. The first-order chi connectivity index (χ1) is 7.74. The van der Waals surface area contributed by atoms with E-state index in [1.54, 1.807) is 0 Å². The average molecular weight is 226 g/mol. The summed E-state index contributed by atoms with van der Waals surface area (Å²) in [5.41, 5.74) is 0. The Morgan fingerprint density at radius 3 is 2.50 bits per heavy atom. The number of ether oxygens (including phenoxy) is 1. The summed E-state index contributed by atoms with van der Waals surface area (Å²) in [5, 5.41) is 3.49. The molecule has 1 aliphatic carbocycles. The van der Waals surface area contributed by atoms with Crippen LogP contribution in [0.5, 0.6) is 0 Å². The molecular formula is C13H26N2O. The monoisotopic (exact) mass is 226 g/mol. The number of nitrogens with zero attached hydrogens (tertiary/aromatic N) is 1. The van der Waals surface area contributed by atoms with Crippen molar-refractivity contribution >= 4 is 0 Å². The van der Waals surface area contributed by atoms with Gasteiger partial charge in [-0.25, -0.2) is 0 Å². The lowest BCUT2D eigenvalue weighted by Gasteiger charge is -2.41. The molecule has 0 aromatic carbocycles. The van der Waals surface area contributed by atoms with E-state index in [-0.39, 0.29) is 0 Å². The Kier molecular flexibility index (Phi) is 4.22. The predicted molar refractivity (Wildman–Crippen MR) is 66.7 cm³/mol. The molecule has 1 heterocycles. The molecule has 3 nitrogen and oxygen atoms in total. The van der Waals surface area contributed by atoms with Crippen LogP contribution < -0.4 is 5.32 Å². The van der Waals surface area contributed by atoms with Gasteiger partial charge in [0.1, 0.15) is 0 Å². The number of rotatable bonds is 3. The fourth-order valence-corrected chi connectivity index (χ4v) is 3.44. The second-order valence-corrected chi connectivity index (χ2v) is 5.34. The van der Waals surface area contributed by atoms with Crippen molar-refractivity contribution in [2.24, 2.45) is 0 Å². The van der Waals surface area contributed by atoms with Gasteiger partial charge in [0.15, 0.2) is 0 Å². The lowest BCUT2D eigenvalue weighted by atomic mass is 9.88. The van der Waals surface area contributed by atoms with Crippen LogP contribution in [0.2, 0.25) is 0 Å². The minimum Gasteiger partial charge on any atom is -0.377 e. The van der Waals surface area contributed by atoms with E-state index >= 15 is 0 Å². The van der Waals surface area contributed by atoms with Crippen molar-refractivity contribution in [3.8, 4) is 0 Å². The lowest BCUT2D eigenvalue weighted by Crippen LogP contribution is -2.54. The van der Waals surface area contributed by atoms with Gasteiger partial charge >= 0.3 is 0 Å². The van der Waals surface area contributed by atoms with Crippen molar-refractivity contribution in [3.05, 3.63) is 0 Å². The summed E-state index contributed by atoms with van der Waals surface area (Å²) in [5.74, 6) is 0. The van der Waals surface area contributed by atoms with Crippen molar-refractivity contribution in [3.63, 3.8) is 0 Å². The summed E-state index contributed by atoms with van der Waals surface area (Å²) in [6.45, 7) is 3.15. The van der Waals surface area contributed by atoms with Gasteiger partial charge in [-0.1, -0.05) is 12.8 Å². The molecule has 2 fully saturated rings. The normalized spacial score (nSPS) is 40.5. The molecule has 4 unspecified atom stereocenters. The summed E-state index contributed by atoms with van der Waals surface area (Å²) in [6, 6.07) is 2.00. The molecule has 2 aliphatic rings. The maximum Gasteiger partial charge on any atom is 0.0703 e. The Balaban J connectivity index is 1.98. The highest BCUT2D eigenvalue weighted by Crippen LogP contribution is 2.27. The van der Waals surface area contributed by atoms with E-state index in [1.807, 2.05) is 0 Å². The van der Waals surface area contributed by atoms with Crippen LogP contribution in [0.4, 0.5) is 0 Å². The lowest BCUT2D eigenvalue weighted by molar-refractivity contribution is 0.0488. The molecule has 0 aromatic rings. The molecular weight excluding hydrogens is 200 g/mol. The van der Waals surface area contributed by atoms with Gasteiger partial charge in [0.25, 0.3) is 0 Å². The van der Waals surface area contributed by atoms with E-state index in [4.69, 9.17) is 4.74 Å². The topological polar surface area (TPSA) is 24.5 Å². The Morgan fingerprint density at radius 1 is 1.12 bits per heavy atom. The molecule has 2 rings (SSSR count). The molecule has 0 amide bonds. The average Bonchev–Trinajstić information content (AvgIpc) is 2.74. The molecule has 3 heteroatoms. The van der Waals surface area contributed by atoms with E-state index in [1.165, 1.54) is 32.1 Å². The van der Waals surface area contributed by atoms with Crippen LogP contribution in [0.3, 0.4) is 0 Å². The van der Waals surface area contributed by atoms with Crippen LogP contribution in [-0.4, -0.2) is 49.8 Å². The zero-order valence-electron chi connectivity index (χ0n) is 10.9. The molecule has 0 radical (unpaired) electrons. The third-order valence-electron chi connectivity index (χ3n) is 4.48. The molecule has 1 aliphatic heterocycles. The number of likely N-dealkylation sites (N-methyl/N-ethyl adjacent to an activating group) is 2. The van der Waals surface area contributed by atoms with Crippen molar-refractivity contribution in [1.29, 1.82) is 0 Å². The minimum atomic E-state index is 0.407. The maximum atomic E-state index is 5.68. The van der Waals surface area contributed by atoms with Gasteiger partial charge in [0, 0.05) is 24.7 Å². The van der Waals surface area contributed by atoms with E-state index in [0.717, 1.165) is 6.61 Å². The molecule has 94 valence electrons. The Morgan fingerprint density at radius 2 is 1.88 bits per heavy atom. The molecule has 1 saturated heterocycles. The second-order valence-electron chi connectivity index (χ2n) is 5.34. The third kappa shape index (κ3) is 2.41. The van der Waals surface area contributed by atoms with E-state index in [9.17, 15) is 0 Å². The highest BCUT2D eigenvalue weighted by atomic mass is 16.5. The van der Waals surface area contributed by atoms with Crippen LogP contribution >= 0.6 is 0 Å². The smallest absolute Gasteiger partial charge is 0.0703 e. The molecule has 1 saturated carbocycles. The molecule has 0 aromatic heterocycles. The number of hydrogen-bond donors (Lipinski definition) is 1. The molecule has 0 bridgehead atoms. The van der Waals surface area contributed by atoms with Crippen molar-refractivity contribution in [2.75, 3.05) is 20.7 Å². The van der Waals surface area contributed by atoms with Crippen LogP contribution in [0.15, 0.2) is 0 Å². The summed E-state index contributed by atoms with van der Waals surface area (Å²) in [6.07, 6.45) is 7.04. The molecule has 1 N–H and O–H groups in total. The summed E-state index contributed by atoms with van der Waals surface area (Å²) < 4.78 is 5.68. The maximum absolute atomic E-state index is 5.68. The molecule has 16 heavy (non-hydrogen) atoms. The second kappa shape index (κ2) is 5.48. The van der Waals surface area contributed by atoms with E-state index in [2.05, 4.69) is 31.2 Å². The minimum absolute atomic E-state index is 0.407. The van der Waals surface area contributed by atoms with E-state index < -0.39 is 0 Å². The third-order valence-corrected chi connectivity index (χ3v) is 4.48. The van der Waals surface area contributed by atoms with E-state index in [0.29, 0.717) is 24.2 Å². The number of hydrogen-bond acceptors (Lipinski definition) is 3. The van der Waals surface area contributed by atoms with Crippen molar-refractivity contribution in [1.82, 2.24) is 10.2 Å². The Labute approximate surface area is 99.5 Å². The van der Waals surface area contributed by atoms with Crippen molar-refractivity contribution in [2.45, 2.75) is 63.3 Å². The highest BCUT2D eigenvalue weighted by molar-refractivity contribution is 4.91. The first-order valence-corrected chi connectivity index (χ1v) is 6.75. The Hall–Kier alpha value is -0.120.